The molecule has 11 nitrogen and oxygen atoms in total. The Morgan fingerprint density at radius 2 is 1.62 bits per heavy atom. The molecule has 1 rings (SSSR count). The number of carboxylic acid groups (broad SMARTS) is 2. The number of esters is 1. The van der Waals surface area contributed by atoms with Crippen molar-refractivity contribution in [2.75, 3.05) is 19.7 Å². The molecule has 1 aromatic carbocycles. The van der Waals surface area contributed by atoms with Crippen molar-refractivity contribution in [1.82, 2.24) is 10.6 Å². The number of aliphatic carboxylic acids is 2. The molecule has 182 valence electrons. The number of nitrogens with one attached hydrogen (secondary N) is 2. The first-order valence-electron chi connectivity index (χ1n) is 9.35. The van der Waals surface area contributed by atoms with Gasteiger partial charge in [0.25, 0.3) is 0 Å². The second kappa shape index (κ2) is 14.8. The van der Waals surface area contributed by atoms with Gasteiger partial charge in [0, 0.05) is 24.5 Å². The van der Waals surface area contributed by atoms with Gasteiger partial charge in [-0.05, 0) is 26.0 Å². The van der Waals surface area contributed by atoms with E-state index in [1.54, 1.807) is 0 Å². The third-order valence-electron chi connectivity index (χ3n) is 3.73. The SMILES string of the molecule is CC(C)C(=O)NCC(C)(C)NCC(O)COC(=O)c1ccccc1F.O.O=C(O)C(=O)O. The number of β-amino-alcohol motifs (C(OH)–C–C–N with tert-alkyl or cyclic N) is 1. The van der Waals surface area contributed by atoms with E-state index in [4.69, 9.17) is 24.5 Å². The second-order valence-corrected chi connectivity index (χ2v) is 7.48. The second-order valence-electron chi connectivity index (χ2n) is 7.48. The van der Waals surface area contributed by atoms with Crippen LogP contribution in [-0.4, -0.2) is 76.0 Å². The third kappa shape index (κ3) is 13.3. The zero-order valence-electron chi connectivity index (χ0n) is 18.3. The van der Waals surface area contributed by atoms with Crippen LogP contribution in [0.2, 0.25) is 0 Å². The van der Waals surface area contributed by atoms with Crippen LogP contribution in [0.1, 0.15) is 38.1 Å². The Morgan fingerprint density at radius 3 is 2.09 bits per heavy atom. The number of aliphatic hydroxyl groups is 1. The predicted octanol–water partition coefficient (Wildman–Crippen LogP) is -0.185. The number of aliphatic hydroxyl groups excluding tert-OH is 1. The lowest BCUT2D eigenvalue weighted by atomic mass is 10.0. The van der Waals surface area contributed by atoms with E-state index in [0.29, 0.717) is 6.54 Å². The summed E-state index contributed by atoms with van der Waals surface area (Å²) in [5, 5.41) is 30.6. The Labute approximate surface area is 184 Å². The summed E-state index contributed by atoms with van der Waals surface area (Å²) in [5.74, 6) is -5.28. The van der Waals surface area contributed by atoms with E-state index in [2.05, 4.69) is 10.6 Å². The molecule has 0 saturated carbocycles. The maximum Gasteiger partial charge on any atom is 0.414 e. The number of hydrogen-bond donors (Lipinski definition) is 5. The van der Waals surface area contributed by atoms with Gasteiger partial charge >= 0.3 is 17.9 Å². The Bertz CT molecular complexity index is 757. The highest BCUT2D eigenvalue weighted by Crippen LogP contribution is 2.08. The van der Waals surface area contributed by atoms with Gasteiger partial charge in [-0.1, -0.05) is 26.0 Å². The largest absolute Gasteiger partial charge is 0.473 e. The molecule has 7 N–H and O–H groups in total. The minimum atomic E-state index is -1.82. The molecule has 0 radical (unpaired) electrons. The molecule has 1 unspecified atom stereocenters. The van der Waals surface area contributed by atoms with Gasteiger partial charge in [-0.25, -0.2) is 18.8 Å². The van der Waals surface area contributed by atoms with E-state index in [-0.39, 0.29) is 36.0 Å². The summed E-state index contributed by atoms with van der Waals surface area (Å²) >= 11 is 0. The first kappa shape index (κ1) is 31.1. The molecule has 0 spiro atoms. The summed E-state index contributed by atoms with van der Waals surface area (Å²) in [7, 11) is 0. The Hall–Kier alpha value is -3.09. The van der Waals surface area contributed by atoms with Crippen molar-refractivity contribution in [1.29, 1.82) is 0 Å². The van der Waals surface area contributed by atoms with E-state index in [1.807, 2.05) is 27.7 Å². The summed E-state index contributed by atoms with van der Waals surface area (Å²) < 4.78 is 18.4. The fourth-order valence-electron chi connectivity index (χ4n) is 1.90. The molecular formula is C20H31FN2O9. The minimum Gasteiger partial charge on any atom is -0.473 e. The maximum absolute atomic E-state index is 13.5. The molecule has 1 amide bonds. The van der Waals surface area contributed by atoms with Crippen LogP contribution in [0.3, 0.4) is 0 Å². The highest BCUT2D eigenvalue weighted by atomic mass is 19.1. The Balaban J connectivity index is 0. The lowest BCUT2D eigenvalue weighted by molar-refractivity contribution is -0.159. The van der Waals surface area contributed by atoms with Crippen molar-refractivity contribution in [2.24, 2.45) is 5.92 Å². The summed E-state index contributed by atoms with van der Waals surface area (Å²) in [6.45, 7) is 7.68. The number of amides is 1. The molecule has 0 aliphatic carbocycles. The molecule has 0 saturated heterocycles. The Morgan fingerprint density at radius 1 is 1.09 bits per heavy atom. The molecule has 0 aromatic heterocycles. The van der Waals surface area contributed by atoms with Crippen LogP contribution >= 0.6 is 0 Å². The first-order chi connectivity index (χ1) is 14.3. The van der Waals surface area contributed by atoms with Gasteiger partial charge in [-0.15, -0.1) is 0 Å². The van der Waals surface area contributed by atoms with Crippen molar-refractivity contribution < 1.29 is 49.1 Å². The average molecular weight is 462 g/mol. The van der Waals surface area contributed by atoms with Crippen LogP contribution < -0.4 is 10.6 Å². The van der Waals surface area contributed by atoms with Gasteiger partial charge in [0.2, 0.25) is 5.91 Å². The number of rotatable bonds is 9. The fourth-order valence-corrected chi connectivity index (χ4v) is 1.90. The number of carboxylic acids is 2. The third-order valence-corrected chi connectivity index (χ3v) is 3.73. The van der Waals surface area contributed by atoms with E-state index in [0.717, 1.165) is 0 Å². The number of benzene rings is 1. The smallest absolute Gasteiger partial charge is 0.414 e. The van der Waals surface area contributed by atoms with E-state index >= 15 is 0 Å². The van der Waals surface area contributed by atoms with Gasteiger partial charge in [-0.2, -0.15) is 0 Å². The molecule has 1 aromatic rings. The molecule has 32 heavy (non-hydrogen) atoms. The molecule has 0 fully saturated rings. The molecule has 0 aliphatic heterocycles. The van der Waals surface area contributed by atoms with Gasteiger partial charge in [0.1, 0.15) is 18.5 Å². The fraction of sp³-hybridized carbons (Fsp3) is 0.500. The van der Waals surface area contributed by atoms with Crippen LogP contribution in [0.4, 0.5) is 4.39 Å². The van der Waals surface area contributed by atoms with Gasteiger partial charge in [-0.3, -0.25) is 4.79 Å². The van der Waals surface area contributed by atoms with Gasteiger partial charge in [0.05, 0.1) is 5.56 Å². The lowest BCUT2D eigenvalue weighted by Gasteiger charge is -2.28. The number of halogens is 1. The van der Waals surface area contributed by atoms with Crippen molar-refractivity contribution >= 4 is 23.8 Å². The lowest BCUT2D eigenvalue weighted by Crippen LogP contribution is -2.52. The minimum absolute atomic E-state index is 0. The van der Waals surface area contributed by atoms with Crippen LogP contribution in [0, 0.1) is 11.7 Å². The number of hydrogen-bond acceptors (Lipinski definition) is 7. The van der Waals surface area contributed by atoms with E-state index in [9.17, 15) is 19.1 Å². The normalized spacial score (nSPS) is 11.3. The maximum atomic E-state index is 13.5. The van der Waals surface area contributed by atoms with Crippen molar-refractivity contribution in [3.63, 3.8) is 0 Å². The highest BCUT2D eigenvalue weighted by Gasteiger charge is 2.21. The molecule has 1 atom stereocenters. The predicted molar refractivity (Wildman–Crippen MR) is 112 cm³/mol. The van der Waals surface area contributed by atoms with Crippen LogP contribution in [-0.2, 0) is 19.1 Å². The molecule has 0 heterocycles. The number of ether oxygens (including phenoxy) is 1. The highest BCUT2D eigenvalue weighted by molar-refractivity contribution is 6.27. The van der Waals surface area contributed by atoms with E-state index < -0.39 is 35.4 Å². The van der Waals surface area contributed by atoms with Crippen molar-refractivity contribution in [2.45, 2.75) is 39.3 Å². The quantitative estimate of drug-likeness (QED) is 0.244. The topological polar surface area (TPSA) is 194 Å². The van der Waals surface area contributed by atoms with Crippen molar-refractivity contribution in [3.05, 3.63) is 35.6 Å². The number of carbonyl (C=O) groups excluding carboxylic acids is 2. The van der Waals surface area contributed by atoms with Gasteiger partial charge < -0.3 is 36.2 Å². The van der Waals surface area contributed by atoms with E-state index in [1.165, 1.54) is 24.3 Å². The summed E-state index contributed by atoms with van der Waals surface area (Å²) in [4.78, 5) is 41.6. The summed E-state index contributed by atoms with van der Waals surface area (Å²) in [6, 6.07) is 5.50. The number of carbonyl (C=O) groups is 4. The molecule has 12 heteroatoms. The standard InChI is InChI=1S/C18H27FN2O4.C2H2O4.H2O/c1-12(2)16(23)20-11-18(3,4)21-9-13(22)10-25-17(24)14-7-5-6-8-15(14)19;3-1(4)2(5)6;/h5-8,12-13,21-22H,9-11H2,1-4H3,(H,20,23);(H,3,4)(H,5,6);1H2. The van der Waals surface area contributed by atoms with Gasteiger partial charge in [0.15, 0.2) is 0 Å². The summed E-state index contributed by atoms with van der Waals surface area (Å²) in [5.41, 5.74) is -0.611. The zero-order chi connectivity index (χ0) is 24.2. The first-order valence-corrected chi connectivity index (χ1v) is 9.35. The Kier molecular flexibility index (Phi) is 14.4. The van der Waals surface area contributed by atoms with Crippen LogP contribution in [0.25, 0.3) is 0 Å². The monoisotopic (exact) mass is 462 g/mol. The molecule has 0 bridgehead atoms. The van der Waals surface area contributed by atoms with Crippen LogP contribution in [0.5, 0.6) is 0 Å². The molecule has 0 aliphatic rings. The summed E-state index contributed by atoms with van der Waals surface area (Å²) in [6.07, 6.45) is -0.948. The molecular weight excluding hydrogens is 431 g/mol. The van der Waals surface area contributed by atoms with Crippen molar-refractivity contribution in [3.8, 4) is 0 Å². The average Bonchev–Trinajstić information content (AvgIpc) is 2.69. The van der Waals surface area contributed by atoms with Crippen LogP contribution in [0.15, 0.2) is 24.3 Å². The zero-order valence-corrected chi connectivity index (χ0v) is 18.3.